The van der Waals surface area contributed by atoms with Gasteiger partial charge in [-0.2, -0.15) is 15.1 Å². The standard InChI is InChI=1S/C12H13ClN6/c1-4-8-6(2)18-19(7(8)3)11-9-10(15-5-14-9)16-12(13)17-11/h5H,4H2,1-3H3,(H,14,15,16,17). The van der Waals surface area contributed by atoms with Crippen LogP contribution < -0.4 is 0 Å². The Labute approximate surface area is 114 Å². The van der Waals surface area contributed by atoms with E-state index in [4.69, 9.17) is 11.6 Å². The predicted octanol–water partition coefficient (Wildman–Crippen LogP) is 2.37. The van der Waals surface area contributed by atoms with Crippen molar-refractivity contribution in [2.75, 3.05) is 0 Å². The van der Waals surface area contributed by atoms with Crippen LogP contribution in [0.15, 0.2) is 6.33 Å². The molecule has 0 aliphatic rings. The fraction of sp³-hybridized carbons (Fsp3) is 0.333. The lowest BCUT2D eigenvalue weighted by molar-refractivity contribution is 0.807. The highest BCUT2D eigenvalue weighted by Crippen LogP contribution is 2.22. The molecular weight excluding hydrogens is 264 g/mol. The van der Waals surface area contributed by atoms with Crippen LogP contribution in [0, 0.1) is 13.8 Å². The monoisotopic (exact) mass is 276 g/mol. The Bertz CT molecular complexity index is 757. The first-order valence-electron chi connectivity index (χ1n) is 6.04. The zero-order valence-corrected chi connectivity index (χ0v) is 11.7. The first-order valence-corrected chi connectivity index (χ1v) is 6.41. The molecular formula is C12H13ClN6. The minimum absolute atomic E-state index is 0.167. The molecule has 0 saturated heterocycles. The van der Waals surface area contributed by atoms with Crippen molar-refractivity contribution in [2.45, 2.75) is 27.2 Å². The quantitative estimate of drug-likeness (QED) is 0.730. The van der Waals surface area contributed by atoms with E-state index in [1.165, 1.54) is 5.56 Å². The highest BCUT2D eigenvalue weighted by molar-refractivity contribution is 6.28. The summed E-state index contributed by atoms with van der Waals surface area (Å²) in [5.41, 5.74) is 4.56. The van der Waals surface area contributed by atoms with Crippen LogP contribution in [0.25, 0.3) is 17.0 Å². The van der Waals surface area contributed by atoms with Gasteiger partial charge in [0, 0.05) is 5.69 Å². The average molecular weight is 277 g/mol. The predicted molar refractivity (Wildman–Crippen MR) is 72.7 cm³/mol. The molecule has 1 N–H and O–H groups in total. The fourth-order valence-corrected chi connectivity index (χ4v) is 2.50. The number of aromatic nitrogens is 6. The lowest BCUT2D eigenvalue weighted by Gasteiger charge is -2.05. The molecule has 7 heteroatoms. The number of aryl methyl sites for hydroxylation is 1. The molecule has 98 valence electrons. The Morgan fingerprint density at radius 3 is 2.79 bits per heavy atom. The van der Waals surface area contributed by atoms with Crippen LogP contribution in [0.2, 0.25) is 5.28 Å². The summed E-state index contributed by atoms with van der Waals surface area (Å²) in [6.07, 6.45) is 2.51. The molecule has 0 atom stereocenters. The van der Waals surface area contributed by atoms with Gasteiger partial charge in [0.15, 0.2) is 11.5 Å². The fourth-order valence-electron chi connectivity index (χ4n) is 2.34. The molecule has 0 aliphatic carbocycles. The summed E-state index contributed by atoms with van der Waals surface area (Å²) in [4.78, 5) is 15.5. The summed E-state index contributed by atoms with van der Waals surface area (Å²) in [5.74, 6) is 0.632. The number of H-pyrrole nitrogens is 1. The van der Waals surface area contributed by atoms with E-state index in [0.29, 0.717) is 11.5 Å². The molecule has 3 aromatic heterocycles. The maximum atomic E-state index is 5.95. The third-order valence-electron chi connectivity index (χ3n) is 3.23. The zero-order chi connectivity index (χ0) is 13.6. The highest BCUT2D eigenvalue weighted by Gasteiger charge is 2.16. The van der Waals surface area contributed by atoms with E-state index in [0.717, 1.165) is 23.3 Å². The van der Waals surface area contributed by atoms with Crippen molar-refractivity contribution in [1.29, 1.82) is 0 Å². The molecule has 0 unspecified atom stereocenters. The minimum Gasteiger partial charge on any atom is -0.340 e. The van der Waals surface area contributed by atoms with Crippen LogP contribution in [0.1, 0.15) is 23.9 Å². The zero-order valence-electron chi connectivity index (χ0n) is 10.9. The number of imidazole rings is 1. The van der Waals surface area contributed by atoms with Gasteiger partial charge in [-0.05, 0) is 37.4 Å². The maximum absolute atomic E-state index is 5.95. The van der Waals surface area contributed by atoms with Crippen molar-refractivity contribution in [3.8, 4) is 5.82 Å². The van der Waals surface area contributed by atoms with Gasteiger partial charge in [0.25, 0.3) is 0 Å². The summed E-state index contributed by atoms with van der Waals surface area (Å²) >= 11 is 5.95. The lowest BCUT2D eigenvalue weighted by Crippen LogP contribution is -2.04. The molecule has 19 heavy (non-hydrogen) atoms. The van der Waals surface area contributed by atoms with Crippen molar-refractivity contribution in [1.82, 2.24) is 29.7 Å². The Balaban J connectivity index is 2.33. The van der Waals surface area contributed by atoms with E-state index in [9.17, 15) is 0 Å². The molecule has 0 aliphatic heterocycles. The van der Waals surface area contributed by atoms with E-state index in [-0.39, 0.29) is 5.28 Å². The third-order valence-corrected chi connectivity index (χ3v) is 3.40. The molecule has 0 spiro atoms. The molecule has 0 amide bonds. The number of rotatable bonds is 2. The highest BCUT2D eigenvalue weighted by atomic mass is 35.5. The van der Waals surface area contributed by atoms with Crippen molar-refractivity contribution >= 4 is 22.8 Å². The van der Waals surface area contributed by atoms with Gasteiger partial charge >= 0.3 is 0 Å². The maximum Gasteiger partial charge on any atom is 0.226 e. The van der Waals surface area contributed by atoms with Crippen molar-refractivity contribution in [3.63, 3.8) is 0 Å². The molecule has 3 rings (SSSR count). The molecule has 0 aromatic carbocycles. The van der Waals surface area contributed by atoms with Gasteiger partial charge < -0.3 is 4.98 Å². The SMILES string of the molecule is CCc1c(C)nn(-c2nc(Cl)nc3nc[nH]c23)c1C. The summed E-state index contributed by atoms with van der Waals surface area (Å²) in [5, 5.41) is 4.71. The minimum atomic E-state index is 0.167. The first kappa shape index (κ1) is 12.1. The van der Waals surface area contributed by atoms with Crippen LogP contribution in [0.4, 0.5) is 0 Å². The lowest BCUT2D eigenvalue weighted by atomic mass is 10.1. The van der Waals surface area contributed by atoms with Gasteiger partial charge in [-0.25, -0.2) is 9.67 Å². The molecule has 3 heterocycles. The second-order valence-electron chi connectivity index (χ2n) is 4.33. The number of halogens is 1. The van der Waals surface area contributed by atoms with Crippen LogP contribution in [-0.4, -0.2) is 29.7 Å². The van der Waals surface area contributed by atoms with E-state index < -0.39 is 0 Å². The van der Waals surface area contributed by atoms with Crippen molar-refractivity contribution in [2.24, 2.45) is 0 Å². The first-order chi connectivity index (χ1) is 9.11. The number of nitrogens with zero attached hydrogens (tertiary/aromatic N) is 5. The van der Waals surface area contributed by atoms with Gasteiger partial charge in [-0.3, -0.25) is 0 Å². The molecule has 0 saturated carbocycles. The molecule has 3 aromatic rings. The van der Waals surface area contributed by atoms with Gasteiger partial charge in [0.05, 0.1) is 12.0 Å². The summed E-state index contributed by atoms with van der Waals surface area (Å²) in [6, 6.07) is 0. The largest absolute Gasteiger partial charge is 0.340 e. The summed E-state index contributed by atoms with van der Waals surface area (Å²) < 4.78 is 1.79. The van der Waals surface area contributed by atoms with Gasteiger partial charge in [-0.15, -0.1) is 0 Å². The van der Waals surface area contributed by atoms with Gasteiger partial charge in [0.2, 0.25) is 5.28 Å². The van der Waals surface area contributed by atoms with E-state index in [1.807, 2.05) is 13.8 Å². The smallest absolute Gasteiger partial charge is 0.226 e. The number of fused-ring (bicyclic) bond motifs is 1. The van der Waals surface area contributed by atoms with Crippen LogP contribution in [0.3, 0.4) is 0 Å². The van der Waals surface area contributed by atoms with Gasteiger partial charge in [-0.1, -0.05) is 6.92 Å². The Morgan fingerprint density at radius 1 is 1.32 bits per heavy atom. The summed E-state index contributed by atoms with van der Waals surface area (Å²) in [7, 11) is 0. The average Bonchev–Trinajstić information content (AvgIpc) is 2.93. The molecule has 0 bridgehead atoms. The van der Waals surface area contributed by atoms with Crippen LogP contribution in [-0.2, 0) is 6.42 Å². The number of hydrogen-bond acceptors (Lipinski definition) is 4. The topological polar surface area (TPSA) is 72.3 Å². The molecule has 6 nitrogen and oxygen atoms in total. The molecule has 0 fully saturated rings. The summed E-state index contributed by atoms with van der Waals surface area (Å²) in [6.45, 7) is 6.13. The van der Waals surface area contributed by atoms with Crippen molar-refractivity contribution < 1.29 is 0 Å². The van der Waals surface area contributed by atoms with Crippen LogP contribution >= 0.6 is 11.6 Å². The second kappa shape index (κ2) is 4.31. The Morgan fingerprint density at radius 2 is 2.11 bits per heavy atom. The number of hydrogen-bond donors (Lipinski definition) is 1. The Kier molecular flexibility index (Phi) is 2.74. The third kappa shape index (κ3) is 1.79. The van der Waals surface area contributed by atoms with Crippen molar-refractivity contribution in [3.05, 3.63) is 28.6 Å². The van der Waals surface area contributed by atoms with E-state index in [1.54, 1.807) is 11.0 Å². The Hall–Kier alpha value is -1.95. The second-order valence-corrected chi connectivity index (χ2v) is 4.67. The normalized spacial score (nSPS) is 11.4. The molecule has 0 radical (unpaired) electrons. The van der Waals surface area contributed by atoms with E-state index >= 15 is 0 Å². The van der Waals surface area contributed by atoms with Gasteiger partial charge in [0.1, 0.15) is 5.52 Å². The van der Waals surface area contributed by atoms with E-state index in [2.05, 4.69) is 32.0 Å². The number of aromatic amines is 1. The number of nitrogens with one attached hydrogen (secondary N) is 1. The van der Waals surface area contributed by atoms with Crippen LogP contribution in [0.5, 0.6) is 0 Å².